The van der Waals surface area contributed by atoms with Crippen LogP contribution in [0.5, 0.6) is 0 Å². The molecule has 98 valence electrons. The largest absolute Gasteiger partial charge is 0.369 e. The molecule has 0 aliphatic heterocycles. The third-order valence-corrected chi connectivity index (χ3v) is 2.92. The number of primary amides is 1. The molecule has 0 saturated heterocycles. The summed E-state index contributed by atoms with van der Waals surface area (Å²) < 4.78 is 0. The lowest BCUT2D eigenvalue weighted by Gasteiger charge is -2.27. The number of hydrogen-bond donors (Lipinski definition) is 1. The molecule has 1 aromatic rings. The summed E-state index contributed by atoms with van der Waals surface area (Å²) in [6, 6.07) is 10.3. The first kappa shape index (κ1) is 14.5. The van der Waals surface area contributed by atoms with Gasteiger partial charge >= 0.3 is 0 Å². The summed E-state index contributed by atoms with van der Waals surface area (Å²) in [7, 11) is 0. The molecule has 3 heteroatoms. The van der Waals surface area contributed by atoms with Crippen molar-refractivity contribution in [3.05, 3.63) is 47.5 Å². The van der Waals surface area contributed by atoms with Gasteiger partial charge in [0.25, 0.3) is 0 Å². The number of rotatable bonds is 6. The van der Waals surface area contributed by atoms with Gasteiger partial charge < -0.3 is 5.73 Å². The maximum atomic E-state index is 11.2. The predicted molar refractivity (Wildman–Crippen MR) is 75.1 cm³/mol. The Hall–Kier alpha value is -1.61. The highest BCUT2D eigenvalue weighted by Gasteiger charge is 2.16. The van der Waals surface area contributed by atoms with Crippen molar-refractivity contribution in [2.45, 2.75) is 26.8 Å². The van der Waals surface area contributed by atoms with Crippen LogP contribution in [-0.4, -0.2) is 23.9 Å². The third kappa shape index (κ3) is 4.72. The van der Waals surface area contributed by atoms with Crippen molar-refractivity contribution in [3.63, 3.8) is 0 Å². The van der Waals surface area contributed by atoms with Crippen molar-refractivity contribution in [2.75, 3.05) is 13.1 Å². The molecule has 0 aliphatic rings. The van der Waals surface area contributed by atoms with Crippen molar-refractivity contribution in [1.29, 1.82) is 0 Å². The highest BCUT2D eigenvalue weighted by molar-refractivity contribution is 5.76. The number of carbonyl (C=O) groups is 1. The van der Waals surface area contributed by atoms with E-state index < -0.39 is 0 Å². The second-order valence-corrected chi connectivity index (χ2v) is 4.76. The van der Waals surface area contributed by atoms with Crippen LogP contribution in [0.25, 0.3) is 0 Å². The van der Waals surface area contributed by atoms with E-state index in [0.717, 1.165) is 6.54 Å². The summed E-state index contributed by atoms with van der Waals surface area (Å²) in [5.74, 6) is -0.292. The van der Waals surface area contributed by atoms with Crippen molar-refractivity contribution in [1.82, 2.24) is 4.90 Å². The Labute approximate surface area is 109 Å². The molecule has 0 radical (unpaired) electrons. The molecule has 1 aromatic carbocycles. The van der Waals surface area contributed by atoms with Gasteiger partial charge in [-0.1, -0.05) is 42.0 Å². The fourth-order valence-electron chi connectivity index (χ4n) is 1.80. The summed E-state index contributed by atoms with van der Waals surface area (Å²) in [6.45, 7) is 7.21. The van der Waals surface area contributed by atoms with Crippen LogP contribution in [0, 0.1) is 0 Å². The minimum absolute atomic E-state index is 0.175. The van der Waals surface area contributed by atoms with Gasteiger partial charge in [-0.05, 0) is 26.3 Å². The standard InChI is InChI=1S/C15H22N2O/c1-12(2)9-10-17(11-15(16)18)13(3)14-7-5-4-6-8-14/h4-9,13H,10-11H2,1-3H3,(H2,16,18)/t13-/m1/s1. The van der Waals surface area contributed by atoms with Gasteiger partial charge in [-0.3, -0.25) is 9.69 Å². The number of amides is 1. The van der Waals surface area contributed by atoms with E-state index in [-0.39, 0.29) is 18.5 Å². The van der Waals surface area contributed by atoms with Crippen LogP contribution in [0.2, 0.25) is 0 Å². The highest BCUT2D eigenvalue weighted by atomic mass is 16.1. The average Bonchev–Trinajstić information content (AvgIpc) is 2.34. The second-order valence-electron chi connectivity index (χ2n) is 4.76. The van der Waals surface area contributed by atoms with Crippen LogP contribution < -0.4 is 5.73 Å². The maximum absolute atomic E-state index is 11.2. The Kier molecular flexibility index (Phi) is 5.59. The maximum Gasteiger partial charge on any atom is 0.231 e. The zero-order valence-electron chi connectivity index (χ0n) is 11.4. The lowest BCUT2D eigenvalue weighted by molar-refractivity contribution is -0.119. The van der Waals surface area contributed by atoms with E-state index in [0.29, 0.717) is 0 Å². The Morgan fingerprint density at radius 1 is 1.33 bits per heavy atom. The lowest BCUT2D eigenvalue weighted by Crippen LogP contribution is -2.36. The van der Waals surface area contributed by atoms with Crippen LogP contribution in [-0.2, 0) is 4.79 Å². The van der Waals surface area contributed by atoms with Gasteiger partial charge in [0.05, 0.1) is 6.54 Å². The minimum Gasteiger partial charge on any atom is -0.369 e. The average molecular weight is 246 g/mol. The minimum atomic E-state index is -0.292. The molecule has 0 spiro atoms. The van der Waals surface area contributed by atoms with Crippen LogP contribution in [0.15, 0.2) is 42.0 Å². The Morgan fingerprint density at radius 3 is 2.44 bits per heavy atom. The molecule has 0 saturated carbocycles. The van der Waals surface area contributed by atoms with Crippen molar-refractivity contribution < 1.29 is 4.79 Å². The smallest absolute Gasteiger partial charge is 0.231 e. The first-order chi connectivity index (χ1) is 8.50. The van der Waals surface area contributed by atoms with Crippen LogP contribution in [0.1, 0.15) is 32.4 Å². The van der Waals surface area contributed by atoms with Gasteiger partial charge in [-0.25, -0.2) is 0 Å². The number of benzene rings is 1. The first-order valence-electron chi connectivity index (χ1n) is 6.21. The Morgan fingerprint density at radius 2 is 1.94 bits per heavy atom. The lowest BCUT2D eigenvalue weighted by atomic mass is 10.1. The first-order valence-corrected chi connectivity index (χ1v) is 6.21. The molecule has 0 fully saturated rings. The number of allylic oxidation sites excluding steroid dienone is 1. The molecule has 1 amide bonds. The number of nitrogens with zero attached hydrogens (tertiary/aromatic N) is 1. The van der Waals surface area contributed by atoms with E-state index in [1.54, 1.807) is 0 Å². The monoisotopic (exact) mass is 246 g/mol. The molecule has 18 heavy (non-hydrogen) atoms. The van der Waals surface area contributed by atoms with E-state index in [1.807, 2.05) is 18.2 Å². The summed E-state index contributed by atoms with van der Waals surface area (Å²) in [6.07, 6.45) is 2.11. The predicted octanol–water partition coefficient (Wildman–Crippen LogP) is 2.50. The summed E-state index contributed by atoms with van der Waals surface area (Å²) in [4.78, 5) is 13.2. The number of nitrogens with two attached hydrogens (primary N) is 1. The molecular formula is C15H22N2O. The summed E-state index contributed by atoms with van der Waals surface area (Å²) in [5.41, 5.74) is 7.75. The molecule has 0 heterocycles. The molecule has 3 nitrogen and oxygen atoms in total. The van der Waals surface area contributed by atoms with Crippen molar-refractivity contribution in [3.8, 4) is 0 Å². The van der Waals surface area contributed by atoms with E-state index in [1.165, 1.54) is 11.1 Å². The normalized spacial score (nSPS) is 12.2. The van der Waals surface area contributed by atoms with Crippen LogP contribution in [0.3, 0.4) is 0 Å². The fourth-order valence-corrected chi connectivity index (χ4v) is 1.80. The van der Waals surface area contributed by atoms with E-state index >= 15 is 0 Å². The zero-order valence-corrected chi connectivity index (χ0v) is 11.4. The van der Waals surface area contributed by atoms with Gasteiger partial charge in [0.1, 0.15) is 0 Å². The molecule has 0 aliphatic carbocycles. The Balaban J connectivity index is 2.81. The third-order valence-electron chi connectivity index (χ3n) is 2.92. The SMILES string of the molecule is CC(C)=CCN(CC(N)=O)[C@H](C)c1ccccc1. The Bertz CT molecular complexity index is 408. The molecule has 1 rings (SSSR count). The van der Waals surface area contributed by atoms with E-state index in [9.17, 15) is 4.79 Å². The molecule has 1 atom stereocenters. The molecule has 0 bridgehead atoms. The van der Waals surface area contributed by atoms with Gasteiger partial charge in [-0.2, -0.15) is 0 Å². The molecular weight excluding hydrogens is 224 g/mol. The molecule has 0 unspecified atom stereocenters. The van der Waals surface area contributed by atoms with Crippen molar-refractivity contribution in [2.24, 2.45) is 5.73 Å². The van der Waals surface area contributed by atoms with Gasteiger partial charge in [-0.15, -0.1) is 0 Å². The van der Waals surface area contributed by atoms with Gasteiger partial charge in [0.2, 0.25) is 5.91 Å². The number of hydrogen-bond acceptors (Lipinski definition) is 2. The van der Waals surface area contributed by atoms with Crippen LogP contribution >= 0.6 is 0 Å². The highest BCUT2D eigenvalue weighted by Crippen LogP contribution is 2.19. The topological polar surface area (TPSA) is 46.3 Å². The summed E-state index contributed by atoms with van der Waals surface area (Å²) in [5, 5.41) is 0. The fraction of sp³-hybridized carbons (Fsp3) is 0.400. The zero-order chi connectivity index (χ0) is 13.5. The van der Waals surface area contributed by atoms with E-state index in [2.05, 4.69) is 43.9 Å². The van der Waals surface area contributed by atoms with Gasteiger partial charge in [0.15, 0.2) is 0 Å². The summed E-state index contributed by atoms with van der Waals surface area (Å²) >= 11 is 0. The number of carbonyl (C=O) groups excluding carboxylic acids is 1. The van der Waals surface area contributed by atoms with Crippen LogP contribution in [0.4, 0.5) is 0 Å². The molecule has 2 N–H and O–H groups in total. The van der Waals surface area contributed by atoms with E-state index in [4.69, 9.17) is 5.73 Å². The van der Waals surface area contributed by atoms with Gasteiger partial charge in [0, 0.05) is 12.6 Å². The van der Waals surface area contributed by atoms with Crippen molar-refractivity contribution >= 4 is 5.91 Å². The quantitative estimate of drug-likeness (QED) is 0.784. The molecule has 0 aromatic heterocycles. The second kappa shape index (κ2) is 6.97.